The van der Waals surface area contributed by atoms with Crippen LogP contribution in [0, 0.1) is 5.92 Å². The Morgan fingerprint density at radius 2 is 1.75 bits per heavy atom. The molecule has 0 heterocycles. The summed E-state index contributed by atoms with van der Waals surface area (Å²) in [6.07, 6.45) is 2.50. The van der Waals surface area contributed by atoms with Gasteiger partial charge in [-0.15, -0.1) is 0 Å². The molecule has 2 aromatic rings. The summed E-state index contributed by atoms with van der Waals surface area (Å²) < 4.78 is 1.14. The van der Waals surface area contributed by atoms with E-state index in [0.717, 1.165) is 11.0 Å². The van der Waals surface area contributed by atoms with Crippen LogP contribution in [0.25, 0.3) is 10.8 Å². The third kappa shape index (κ3) is 3.62. The van der Waals surface area contributed by atoms with Crippen LogP contribution >= 0.6 is 15.9 Å². The number of benzene rings is 2. The van der Waals surface area contributed by atoms with Crippen molar-refractivity contribution in [3.63, 3.8) is 0 Å². The average molecular weight is 334 g/mol. The highest BCUT2D eigenvalue weighted by molar-refractivity contribution is 9.10. The monoisotopic (exact) mass is 333 g/mol. The maximum absolute atomic E-state index is 3.65. The molecule has 108 valence electrons. The molecule has 0 spiro atoms. The zero-order valence-corrected chi connectivity index (χ0v) is 14.2. The Morgan fingerprint density at radius 1 is 1.05 bits per heavy atom. The molecule has 2 unspecified atom stereocenters. The molecule has 0 saturated carbocycles. The van der Waals surface area contributed by atoms with E-state index in [9.17, 15) is 0 Å². The molecule has 0 aromatic heterocycles. The van der Waals surface area contributed by atoms with Gasteiger partial charge in [0.25, 0.3) is 0 Å². The molecule has 2 heteroatoms. The summed E-state index contributed by atoms with van der Waals surface area (Å²) in [5, 5.41) is 6.26. The lowest BCUT2D eigenvalue weighted by Crippen LogP contribution is -2.26. The van der Waals surface area contributed by atoms with Crippen molar-refractivity contribution in [3.05, 3.63) is 46.4 Å². The van der Waals surface area contributed by atoms with Crippen molar-refractivity contribution in [1.82, 2.24) is 5.32 Å². The first kappa shape index (κ1) is 15.5. The largest absolute Gasteiger partial charge is 0.310 e. The first-order chi connectivity index (χ1) is 9.65. The molecule has 0 aliphatic heterocycles. The van der Waals surface area contributed by atoms with Crippen molar-refractivity contribution in [1.29, 1.82) is 0 Å². The first-order valence-electron chi connectivity index (χ1n) is 7.58. The van der Waals surface area contributed by atoms with Gasteiger partial charge in [-0.1, -0.05) is 61.3 Å². The first-order valence-corrected chi connectivity index (χ1v) is 8.37. The normalized spacial score (nSPS) is 14.4. The summed E-state index contributed by atoms with van der Waals surface area (Å²) in [7, 11) is 0. The van der Waals surface area contributed by atoms with Gasteiger partial charge in [0.2, 0.25) is 0 Å². The Balaban J connectivity index is 2.35. The van der Waals surface area contributed by atoms with Gasteiger partial charge in [0.05, 0.1) is 0 Å². The van der Waals surface area contributed by atoms with Crippen molar-refractivity contribution in [2.45, 2.75) is 39.7 Å². The quantitative estimate of drug-likeness (QED) is 0.716. The van der Waals surface area contributed by atoms with Crippen molar-refractivity contribution >= 4 is 26.7 Å². The molecule has 20 heavy (non-hydrogen) atoms. The molecule has 2 atom stereocenters. The van der Waals surface area contributed by atoms with Crippen LogP contribution in [-0.4, -0.2) is 6.54 Å². The Kier molecular flexibility index (Phi) is 5.62. The second-order valence-electron chi connectivity index (χ2n) is 5.55. The highest BCUT2D eigenvalue weighted by Gasteiger charge is 2.17. The van der Waals surface area contributed by atoms with Crippen LogP contribution in [0.4, 0.5) is 0 Å². The van der Waals surface area contributed by atoms with Gasteiger partial charge in [0.1, 0.15) is 0 Å². The molecule has 0 aliphatic carbocycles. The van der Waals surface area contributed by atoms with E-state index in [-0.39, 0.29) is 0 Å². The maximum Gasteiger partial charge on any atom is 0.0346 e. The van der Waals surface area contributed by atoms with Crippen molar-refractivity contribution in [2.75, 3.05) is 6.54 Å². The lowest BCUT2D eigenvalue weighted by atomic mass is 9.90. The minimum absolute atomic E-state index is 0.452. The van der Waals surface area contributed by atoms with Crippen LogP contribution < -0.4 is 5.32 Å². The van der Waals surface area contributed by atoms with Gasteiger partial charge in [-0.3, -0.25) is 0 Å². The molecule has 0 aliphatic rings. The lowest BCUT2D eigenvalue weighted by Gasteiger charge is -2.25. The van der Waals surface area contributed by atoms with E-state index in [0.29, 0.717) is 12.0 Å². The van der Waals surface area contributed by atoms with E-state index in [1.165, 1.54) is 29.2 Å². The van der Waals surface area contributed by atoms with Gasteiger partial charge in [0.15, 0.2) is 0 Å². The highest BCUT2D eigenvalue weighted by atomic mass is 79.9. The molecular formula is C18H24BrN. The summed E-state index contributed by atoms with van der Waals surface area (Å²) in [5.74, 6) is 0.660. The highest BCUT2D eigenvalue weighted by Crippen LogP contribution is 2.29. The molecule has 1 nitrogen and oxygen atoms in total. The van der Waals surface area contributed by atoms with E-state index in [1.54, 1.807) is 0 Å². The summed E-state index contributed by atoms with van der Waals surface area (Å²) in [4.78, 5) is 0. The second-order valence-corrected chi connectivity index (χ2v) is 6.47. The molecule has 0 bridgehead atoms. The van der Waals surface area contributed by atoms with E-state index in [2.05, 4.69) is 78.4 Å². The van der Waals surface area contributed by atoms with Crippen LogP contribution in [0.5, 0.6) is 0 Å². The topological polar surface area (TPSA) is 12.0 Å². The second kappa shape index (κ2) is 7.24. The zero-order valence-electron chi connectivity index (χ0n) is 12.6. The molecule has 2 rings (SSSR count). The fraction of sp³-hybridized carbons (Fsp3) is 0.444. The van der Waals surface area contributed by atoms with E-state index in [4.69, 9.17) is 0 Å². The van der Waals surface area contributed by atoms with Crippen LogP contribution in [0.2, 0.25) is 0 Å². The summed E-state index contributed by atoms with van der Waals surface area (Å²) in [6, 6.07) is 13.8. The zero-order chi connectivity index (χ0) is 14.5. The predicted octanol–water partition coefficient (Wildman–Crippen LogP) is 5.69. The molecule has 0 saturated heterocycles. The van der Waals surface area contributed by atoms with Crippen LogP contribution in [0.1, 0.15) is 45.2 Å². The molecule has 1 N–H and O–H groups in total. The van der Waals surface area contributed by atoms with Crippen LogP contribution in [-0.2, 0) is 0 Å². The van der Waals surface area contributed by atoms with E-state index in [1.807, 2.05) is 0 Å². The van der Waals surface area contributed by atoms with Gasteiger partial charge >= 0.3 is 0 Å². The summed E-state index contributed by atoms with van der Waals surface area (Å²) >= 11 is 3.54. The maximum atomic E-state index is 3.65. The molecule has 0 amide bonds. The number of nitrogens with one attached hydrogen (secondary N) is 1. The third-order valence-corrected chi connectivity index (χ3v) is 4.42. The smallest absolute Gasteiger partial charge is 0.0346 e. The van der Waals surface area contributed by atoms with E-state index >= 15 is 0 Å². The number of hydrogen-bond acceptors (Lipinski definition) is 1. The fourth-order valence-corrected chi connectivity index (χ4v) is 3.30. The van der Waals surface area contributed by atoms with Gasteiger partial charge in [0, 0.05) is 10.5 Å². The minimum atomic E-state index is 0.452. The average Bonchev–Trinajstić information content (AvgIpc) is 2.44. The SMILES string of the molecule is CCCC(C)C(NCC)c1ccc2cc(Br)ccc2c1. The van der Waals surface area contributed by atoms with E-state index < -0.39 is 0 Å². The Labute approximate surface area is 130 Å². The number of halogens is 1. The lowest BCUT2D eigenvalue weighted by molar-refractivity contribution is 0.369. The third-order valence-electron chi connectivity index (χ3n) is 3.92. The van der Waals surface area contributed by atoms with Crippen LogP contribution in [0.3, 0.4) is 0 Å². The van der Waals surface area contributed by atoms with Gasteiger partial charge < -0.3 is 5.32 Å². The predicted molar refractivity (Wildman–Crippen MR) is 92.1 cm³/mol. The molecule has 2 aromatic carbocycles. The Hall–Kier alpha value is -0.860. The molecular weight excluding hydrogens is 310 g/mol. The number of hydrogen-bond donors (Lipinski definition) is 1. The van der Waals surface area contributed by atoms with Crippen LogP contribution in [0.15, 0.2) is 40.9 Å². The van der Waals surface area contributed by atoms with Crippen molar-refractivity contribution in [2.24, 2.45) is 5.92 Å². The van der Waals surface area contributed by atoms with Crippen molar-refractivity contribution in [3.8, 4) is 0 Å². The molecule has 0 radical (unpaired) electrons. The Morgan fingerprint density at radius 3 is 2.45 bits per heavy atom. The summed E-state index contributed by atoms with van der Waals surface area (Å²) in [5.41, 5.74) is 1.41. The molecule has 0 fully saturated rings. The number of rotatable bonds is 6. The van der Waals surface area contributed by atoms with Gasteiger partial charge in [-0.05, 0) is 53.4 Å². The van der Waals surface area contributed by atoms with Gasteiger partial charge in [-0.25, -0.2) is 0 Å². The fourth-order valence-electron chi connectivity index (χ4n) is 2.92. The Bertz CT molecular complexity index is 564. The summed E-state index contributed by atoms with van der Waals surface area (Å²) in [6.45, 7) is 7.81. The van der Waals surface area contributed by atoms with Crippen molar-refractivity contribution < 1.29 is 0 Å². The number of fused-ring (bicyclic) bond motifs is 1. The standard InChI is InChI=1S/C18H24BrN/c1-4-6-13(3)18(20-5-2)16-8-7-15-12-17(19)10-9-14(15)11-16/h7-13,18,20H,4-6H2,1-3H3. The minimum Gasteiger partial charge on any atom is -0.310 e. The van der Waals surface area contributed by atoms with Gasteiger partial charge in [-0.2, -0.15) is 0 Å².